The van der Waals surface area contributed by atoms with Crippen LogP contribution in [-0.4, -0.2) is 15.7 Å². The number of fused-ring (bicyclic) bond motifs is 1. The number of nitrogens with zero attached hydrogens (tertiary/aromatic N) is 2. The summed E-state index contributed by atoms with van der Waals surface area (Å²) in [7, 11) is 1.85. The monoisotopic (exact) mass is 284 g/mol. The molecule has 1 aromatic carbocycles. The van der Waals surface area contributed by atoms with E-state index in [2.05, 4.69) is 10.4 Å². The van der Waals surface area contributed by atoms with Gasteiger partial charge in [0.2, 0.25) is 0 Å². The molecular formula is C15H16N4O2. The van der Waals surface area contributed by atoms with Gasteiger partial charge in [0.1, 0.15) is 5.58 Å². The first-order chi connectivity index (χ1) is 10.0. The Bertz CT molecular complexity index is 816. The van der Waals surface area contributed by atoms with Crippen LogP contribution in [-0.2, 0) is 13.6 Å². The largest absolute Gasteiger partial charge is 0.451 e. The van der Waals surface area contributed by atoms with E-state index in [4.69, 9.17) is 10.2 Å². The van der Waals surface area contributed by atoms with E-state index in [1.807, 2.05) is 20.2 Å². The van der Waals surface area contributed by atoms with E-state index in [1.54, 1.807) is 28.9 Å². The van der Waals surface area contributed by atoms with Crippen LogP contribution in [0, 0.1) is 6.92 Å². The Morgan fingerprint density at radius 1 is 1.43 bits per heavy atom. The minimum Gasteiger partial charge on any atom is -0.451 e. The molecule has 0 bridgehead atoms. The van der Waals surface area contributed by atoms with Gasteiger partial charge in [0.15, 0.2) is 5.76 Å². The summed E-state index contributed by atoms with van der Waals surface area (Å²) in [5.41, 5.74) is 8.87. The molecule has 0 spiro atoms. The first-order valence-electron chi connectivity index (χ1n) is 6.59. The van der Waals surface area contributed by atoms with E-state index in [0.717, 1.165) is 16.6 Å². The lowest BCUT2D eigenvalue weighted by Gasteiger charge is -2.01. The SMILES string of the molecule is Cc1nn(C)cc1CNC(=O)c1cc2cc(N)ccc2o1. The molecule has 21 heavy (non-hydrogen) atoms. The molecule has 2 aromatic heterocycles. The maximum absolute atomic E-state index is 12.1. The molecule has 3 aromatic rings. The minimum absolute atomic E-state index is 0.256. The number of amides is 1. The van der Waals surface area contributed by atoms with Crippen molar-refractivity contribution in [1.29, 1.82) is 0 Å². The molecular weight excluding hydrogens is 268 g/mol. The zero-order valence-electron chi connectivity index (χ0n) is 11.9. The van der Waals surface area contributed by atoms with Crippen LogP contribution in [0.3, 0.4) is 0 Å². The van der Waals surface area contributed by atoms with Gasteiger partial charge in [-0.2, -0.15) is 5.10 Å². The molecule has 0 radical (unpaired) electrons. The van der Waals surface area contributed by atoms with Crippen LogP contribution in [0.4, 0.5) is 5.69 Å². The minimum atomic E-state index is -0.256. The van der Waals surface area contributed by atoms with Gasteiger partial charge >= 0.3 is 0 Å². The van der Waals surface area contributed by atoms with Crippen LogP contribution in [0.2, 0.25) is 0 Å². The zero-order chi connectivity index (χ0) is 15.0. The van der Waals surface area contributed by atoms with E-state index in [-0.39, 0.29) is 11.7 Å². The van der Waals surface area contributed by atoms with Gasteiger partial charge in [0.25, 0.3) is 5.91 Å². The summed E-state index contributed by atoms with van der Waals surface area (Å²) in [6.45, 7) is 2.32. The Hall–Kier alpha value is -2.76. The number of carbonyl (C=O) groups is 1. The van der Waals surface area contributed by atoms with Crippen molar-refractivity contribution in [3.8, 4) is 0 Å². The van der Waals surface area contributed by atoms with E-state index in [1.165, 1.54) is 0 Å². The van der Waals surface area contributed by atoms with E-state index < -0.39 is 0 Å². The van der Waals surface area contributed by atoms with E-state index in [9.17, 15) is 4.79 Å². The Balaban J connectivity index is 1.76. The number of nitrogens with one attached hydrogen (secondary N) is 1. The summed E-state index contributed by atoms with van der Waals surface area (Å²) in [5, 5.41) is 7.88. The molecule has 1 amide bonds. The molecule has 0 saturated heterocycles. The van der Waals surface area contributed by atoms with Crippen molar-refractivity contribution < 1.29 is 9.21 Å². The Morgan fingerprint density at radius 2 is 2.24 bits per heavy atom. The predicted octanol–water partition coefficient (Wildman–Crippen LogP) is 1.99. The Kier molecular flexibility index (Phi) is 3.13. The van der Waals surface area contributed by atoms with Gasteiger partial charge in [-0.1, -0.05) is 0 Å². The highest BCUT2D eigenvalue weighted by atomic mass is 16.3. The van der Waals surface area contributed by atoms with Crippen LogP contribution >= 0.6 is 0 Å². The van der Waals surface area contributed by atoms with Crippen molar-refractivity contribution in [2.75, 3.05) is 5.73 Å². The fourth-order valence-electron chi connectivity index (χ4n) is 2.26. The van der Waals surface area contributed by atoms with Gasteiger partial charge in [0.05, 0.1) is 5.69 Å². The van der Waals surface area contributed by atoms with Crippen LogP contribution < -0.4 is 11.1 Å². The van der Waals surface area contributed by atoms with E-state index in [0.29, 0.717) is 17.8 Å². The number of aromatic nitrogens is 2. The second kappa shape index (κ2) is 4.97. The number of nitrogens with two attached hydrogens (primary N) is 1. The smallest absolute Gasteiger partial charge is 0.287 e. The first kappa shape index (κ1) is 13.2. The third-order valence-electron chi connectivity index (χ3n) is 3.32. The normalized spacial score (nSPS) is 11.0. The highest BCUT2D eigenvalue weighted by molar-refractivity contribution is 5.96. The quantitative estimate of drug-likeness (QED) is 0.720. The van der Waals surface area contributed by atoms with Crippen molar-refractivity contribution in [3.05, 3.63) is 47.5 Å². The van der Waals surface area contributed by atoms with Gasteiger partial charge < -0.3 is 15.5 Å². The topological polar surface area (TPSA) is 86.1 Å². The second-order valence-electron chi connectivity index (χ2n) is 5.00. The average Bonchev–Trinajstić information content (AvgIpc) is 2.98. The number of hydrogen-bond acceptors (Lipinski definition) is 4. The van der Waals surface area contributed by atoms with Crippen molar-refractivity contribution in [2.24, 2.45) is 7.05 Å². The number of aryl methyl sites for hydroxylation is 2. The summed E-state index contributed by atoms with van der Waals surface area (Å²) < 4.78 is 7.24. The van der Waals surface area contributed by atoms with Crippen LogP contribution in [0.25, 0.3) is 11.0 Å². The molecule has 0 fully saturated rings. The molecule has 0 aliphatic heterocycles. The molecule has 0 saturated carbocycles. The number of hydrogen-bond donors (Lipinski definition) is 2. The van der Waals surface area contributed by atoms with Crippen LogP contribution in [0.1, 0.15) is 21.8 Å². The molecule has 6 nitrogen and oxygen atoms in total. The fraction of sp³-hybridized carbons (Fsp3) is 0.200. The van der Waals surface area contributed by atoms with Crippen LogP contribution in [0.15, 0.2) is 34.9 Å². The summed E-state index contributed by atoms with van der Waals surface area (Å²) in [5.74, 6) is 0.0187. The van der Waals surface area contributed by atoms with Gasteiger partial charge in [-0.05, 0) is 31.2 Å². The van der Waals surface area contributed by atoms with Gasteiger partial charge in [0, 0.05) is 36.4 Å². The molecule has 0 aliphatic rings. The standard InChI is InChI=1S/C15H16N4O2/c1-9-11(8-19(2)18-9)7-17-15(20)14-6-10-5-12(16)3-4-13(10)21-14/h3-6,8H,7,16H2,1-2H3,(H,17,20). The number of rotatable bonds is 3. The van der Waals surface area contributed by atoms with Gasteiger partial charge in [-0.3, -0.25) is 9.48 Å². The van der Waals surface area contributed by atoms with Gasteiger partial charge in [-0.15, -0.1) is 0 Å². The highest BCUT2D eigenvalue weighted by Crippen LogP contribution is 2.21. The molecule has 0 atom stereocenters. The zero-order valence-corrected chi connectivity index (χ0v) is 11.9. The summed E-state index contributed by atoms with van der Waals surface area (Å²) in [6, 6.07) is 6.97. The lowest BCUT2D eigenvalue weighted by Crippen LogP contribution is -2.22. The maximum atomic E-state index is 12.1. The fourth-order valence-corrected chi connectivity index (χ4v) is 2.26. The van der Waals surface area contributed by atoms with E-state index >= 15 is 0 Å². The number of anilines is 1. The molecule has 2 heterocycles. The average molecular weight is 284 g/mol. The number of carbonyl (C=O) groups excluding carboxylic acids is 1. The molecule has 108 valence electrons. The first-order valence-corrected chi connectivity index (χ1v) is 6.59. The lowest BCUT2D eigenvalue weighted by molar-refractivity contribution is 0.0925. The summed E-state index contributed by atoms with van der Waals surface area (Å²) >= 11 is 0. The molecule has 0 aliphatic carbocycles. The highest BCUT2D eigenvalue weighted by Gasteiger charge is 2.13. The third kappa shape index (κ3) is 2.60. The summed E-state index contributed by atoms with van der Waals surface area (Å²) in [4.78, 5) is 12.1. The van der Waals surface area contributed by atoms with Gasteiger partial charge in [-0.25, -0.2) is 0 Å². The predicted molar refractivity (Wildman–Crippen MR) is 79.7 cm³/mol. The Morgan fingerprint density at radius 3 is 2.95 bits per heavy atom. The number of benzene rings is 1. The molecule has 3 rings (SSSR count). The van der Waals surface area contributed by atoms with Crippen molar-refractivity contribution in [3.63, 3.8) is 0 Å². The van der Waals surface area contributed by atoms with Crippen molar-refractivity contribution >= 4 is 22.6 Å². The molecule has 6 heteroatoms. The molecule has 0 unspecified atom stereocenters. The Labute approximate surface area is 121 Å². The number of nitrogen functional groups attached to an aromatic ring is 1. The van der Waals surface area contributed by atoms with Crippen molar-refractivity contribution in [2.45, 2.75) is 13.5 Å². The molecule has 3 N–H and O–H groups in total. The number of furan rings is 1. The second-order valence-corrected chi connectivity index (χ2v) is 5.00. The van der Waals surface area contributed by atoms with Crippen LogP contribution in [0.5, 0.6) is 0 Å². The maximum Gasteiger partial charge on any atom is 0.287 e. The third-order valence-corrected chi connectivity index (χ3v) is 3.32. The van der Waals surface area contributed by atoms with Crippen molar-refractivity contribution in [1.82, 2.24) is 15.1 Å². The summed E-state index contributed by atoms with van der Waals surface area (Å²) in [6.07, 6.45) is 1.88. The lowest BCUT2D eigenvalue weighted by atomic mass is 10.2.